The number of anilines is 1. The van der Waals surface area contributed by atoms with Crippen LogP contribution in [0.4, 0.5) is 5.69 Å². The molecule has 0 saturated carbocycles. The Labute approximate surface area is 188 Å². The third-order valence-electron chi connectivity index (χ3n) is 4.80. The molecule has 0 atom stereocenters. The van der Waals surface area contributed by atoms with E-state index in [0.29, 0.717) is 18.1 Å². The van der Waals surface area contributed by atoms with Crippen LogP contribution >= 0.6 is 0 Å². The van der Waals surface area contributed by atoms with Crippen molar-refractivity contribution in [3.8, 4) is 11.5 Å². The van der Waals surface area contributed by atoms with Crippen LogP contribution in [0.1, 0.15) is 23.6 Å². The SMILES string of the molecule is CCc1cccc(C)c1NC(=O)COC(=O)COc1ccc(OCc2ccccc2)cc1. The van der Waals surface area contributed by atoms with Gasteiger partial charge in [-0.3, -0.25) is 4.79 Å². The maximum Gasteiger partial charge on any atom is 0.344 e. The molecule has 1 N–H and O–H groups in total. The molecular weight excluding hydrogens is 406 g/mol. The van der Waals surface area contributed by atoms with Gasteiger partial charge >= 0.3 is 5.97 Å². The van der Waals surface area contributed by atoms with Crippen molar-refractivity contribution < 1.29 is 23.8 Å². The molecular formula is C26H27NO5. The largest absolute Gasteiger partial charge is 0.489 e. The van der Waals surface area contributed by atoms with Gasteiger partial charge in [-0.05, 0) is 54.3 Å². The Kier molecular flexibility index (Phi) is 8.26. The van der Waals surface area contributed by atoms with Crippen LogP contribution in [0.3, 0.4) is 0 Å². The number of esters is 1. The summed E-state index contributed by atoms with van der Waals surface area (Å²) in [5.41, 5.74) is 3.84. The molecule has 0 aliphatic rings. The first kappa shape index (κ1) is 22.9. The number of rotatable bonds is 10. The summed E-state index contributed by atoms with van der Waals surface area (Å²) in [7, 11) is 0. The minimum Gasteiger partial charge on any atom is -0.489 e. The summed E-state index contributed by atoms with van der Waals surface area (Å²) in [5, 5.41) is 2.82. The van der Waals surface area contributed by atoms with Gasteiger partial charge in [0.1, 0.15) is 18.1 Å². The van der Waals surface area contributed by atoms with E-state index in [4.69, 9.17) is 14.2 Å². The number of benzene rings is 3. The molecule has 0 aromatic heterocycles. The fourth-order valence-electron chi connectivity index (χ4n) is 3.08. The number of carbonyl (C=O) groups is 2. The highest BCUT2D eigenvalue weighted by Gasteiger charge is 2.12. The standard InChI is InChI=1S/C26H27NO5/c1-3-21-11-7-8-19(2)26(21)27-24(28)17-32-25(29)18-31-23-14-12-22(13-15-23)30-16-20-9-5-4-6-10-20/h4-15H,3,16-18H2,1-2H3,(H,27,28). The lowest BCUT2D eigenvalue weighted by molar-refractivity contribution is -0.149. The molecule has 0 saturated heterocycles. The van der Waals surface area contributed by atoms with E-state index in [1.807, 2.05) is 62.4 Å². The molecule has 0 fully saturated rings. The third-order valence-corrected chi connectivity index (χ3v) is 4.80. The highest BCUT2D eigenvalue weighted by molar-refractivity contribution is 5.94. The fraction of sp³-hybridized carbons (Fsp3) is 0.231. The first-order valence-corrected chi connectivity index (χ1v) is 10.5. The molecule has 6 nitrogen and oxygen atoms in total. The van der Waals surface area contributed by atoms with Crippen molar-refractivity contribution in [1.29, 1.82) is 0 Å². The van der Waals surface area contributed by atoms with Gasteiger partial charge < -0.3 is 19.5 Å². The fourth-order valence-corrected chi connectivity index (χ4v) is 3.08. The van der Waals surface area contributed by atoms with Crippen LogP contribution in [0.5, 0.6) is 11.5 Å². The second kappa shape index (κ2) is 11.6. The lowest BCUT2D eigenvalue weighted by Gasteiger charge is -2.13. The summed E-state index contributed by atoms with van der Waals surface area (Å²) in [4.78, 5) is 24.1. The van der Waals surface area contributed by atoms with E-state index in [-0.39, 0.29) is 19.1 Å². The molecule has 0 aliphatic heterocycles. The topological polar surface area (TPSA) is 73.9 Å². The number of carbonyl (C=O) groups excluding carboxylic acids is 2. The number of para-hydroxylation sites is 1. The Morgan fingerprint density at radius 3 is 2.19 bits per heavy atom. The third kappa shape index (κ3) is 6.87. The first-order valence-electron chi connectivity index (χ1n) is 10.5. The van der Waals surface area contributed by atoms with Gasteiger partial charge in [0.2, 0.25) is 0 Å². The summed E-state index contributed by atoms with van der Waals surface area (Å²) in [5.74, 6) is 0.196. The van der Waals surface area contributed by atoms with Gasteiger partial charge in [-0.25, -0.2) is 4.79 Å². The highest BCUT2D eigenvalue weighted by Crippen LogP contribution is 2.21. The molecule has 1 amide bonds. The van der Waals surface area contributed by atoms with Crippen LogP contribution in [0.2, 0.25) is 0 Å². The van der Waals surface area contributed by atoms with Crippen molar-refractivity contribution in [3.05, 3.63) is 89.5 Å². The van der Waals surface area contributed by atoms with Crippen LogP contribution < -0.4 is 14.8 Å². The Bertz CT molecular complexity index is 1030. The van der Waals surface area contributed by atoms with E-state index in [1.54, 1.807) is 24.3 Å². The maximum atomic E-state index is 12.2. The van der Waals surface area contributed by atoms with E-state index in [1.165, 1.54) is 0 Å². The summed E-state index contributed by atoms with van der Waals surface area (Å²) in [6, 6.07) is 22.7. The van der Waals surface area contributed by atoms with Gasteiger partial charge in [-0.1, -0.05) is 55.5 Å². The van der Waals surface area contributed by atoms with Crippen molar-refractivity contribution in [3.63, 3.8) is 0 Å². The quantitative estimate of drug-likeness (QED) is 0.469. The normalized spacial score (nSPS) is 10.3. The first-order chi connectivity index (χ1) is 15.5. The number of hydrogen-bond donors (Lipinski definition) is 1. The molecule has 3 aromatic carbocycles. The van der Waals surface area contributed by atoms with E-state index in [0.717, 1.165) is 28.8 Å². The van der Waals surface area contributed by atoms with Gasteiger partial charge in [0.15, 0.2) is 13.2 Å². The molecule has 0 spiro atoms. The molecule has 3 rings (SSSR count). The average molecular weight is 434 g/mol. The average Bonchev–Trinajstić information content (AvgIpc) is 2.82. The smallest absolute Gasteiger partial charge is 0.344 e. The van der Waals surface area contributed by atoms with Crippen molar-refractivity contribution >= 4 is 17.6 Å². The molecule has 3 aromatic rings. The van der Waals surface area contributed by atoms with E-state index in [2.05, 4.69) is 5.32 Å². The summed E-state index contributed by atoms with van der Waals surface area (Å²) >= 11 is 0. The zero-order chi connectivity index (χ0) is 22.8. The monoisotopic (exact) mass is 433 g/mol. The van der Waals surface area contributed by atoms with Gasteiger partial charge in [0, 0.05) is 5.69 Å². The zero-order valence-electron chi connectivity index (χ0n) is 18.3. The minimum atomic E-state index is -0.620. The number of aryl methyl sites for hydroxylation is 2. The van der Waals surface area contributed by atoms with E-state index < -0.39 is 5.97 Å². The summed E-state index contributed by atoms with van der Waals surface area (Å²) < 4.78 is 16.2. The van der Waals surface area contributed by atoms with E-state index >= 15 is 0 Å². The Morgan fingerprint density at radius 2 is 1.50 bits per heavy atom. The molecule has 0 bridgehead atoms. The minimum absolute atomic E-state index is 0.290. The molecule has 0 unspecified atom stereocenters. The van der Waals surface area contributed by atoms with Crippen LogP contribution in [0, 0.1) is 6.92 Å². The van der Waals surface area contributed by atoms with Crippen LogP contribution in [0.25, 0.3) is 0 Å². The van der Waals surface area contributed by atoms with Crippen LogP contribution in [-0.2, 0) is 27.4 Å². The Balaban J connectivity index is 1.39. The summed E-state index contributed by atoms with van der Waals surface area (Å²) in [6.07, 6.45) is 0.793. The van der Waals surface area contributed by atoms with Crippen molar-refractivity contribution in [1.82, 2.24) is 0 Å². The number of ether oxygens (including phenoxy) is 3. The maximum absolute atomic E-state index is 12.2. The van der Waals surface area contributed by atoms with Gasteiger partial charge in [-0.15, -0.1) is 0 Å². The van der Waals surface area contributed by atoms with Gasteiger partial charge in [0.05, 0.1) is 0 Å². The zero-order valence-corrected chi connectivity index (χ0v) is 18.3. The molecule has 6 heteroatoms. The van der Waals surface area contributed by atoms with Crippen LogP contribution in [-0.4, -0.2) is 25.1 Å². The molecule has 32 heavy (non-hydrogen) atoms. The van der Waals surface area contributed by atoms with Gasteiger partial charge in [0.25, 0.3) is 5.91 Å². The molecule has 166 valence electrons. The molecule has 0 heterocycles. The number of nitrogens with one attached hydrogen (secondary N) is 1. The van der Waals surface area contributed by atoms with Gasteiger partial charge in [-0.2, -0.15) is 0 Å². The van der Waals surface area contributed by atoms with Crippen molar-refractivity contribution in [2.75, 3.05) is 18.5 Å². The Morgan fingerprint density at radius 1 is 0.812 bits per heavy atom. The summed E-state index contributed by atoms with van der Waals surface area (Å²) in [6.45, 7) is 3.75. The lowest BCUT2D eigenvalue weighted by Crippen LogP contribution is -2.24. The second-order valence-electron chi connectivity index (χ2n) is 7.21. The van der Waals surface area contributed by atoms with Crippen molar-refractivity contribution in [2.24, 2.45) is 0 Å². The highest BCUT2D eigenvalue weighted by atomic mass is 16.6. The predicted molar refractivity (Wildman–Crippen MR) is 123 cm³/mol. The van der Waals surface area contributed by atoms with Crippen LogP contribution in [0.15, 0.2) is 72.8 Å². The number of hydrogen-bond acceptors (Lipinski definition) is 5. The number of amides is 1. The van der Waals surface area contributed by atoms with E-state index in [9.17, 15) is 9.59 Å². The second-order valence-corrected chi connectivity index (χ2v) is 7.21. The lowest BCUT2D eigenvalue weighted by atomic mass is 10.1. The predicted octanol–water partition coefficient (Wildman–Crippen LogP) is 4.70. The van der Waals surface area contributed by atoms with Crippen molar-refractivity contribution in [2.45, 2.75) is 26.9 Å². The Hall–Kier alpha value is -3.80. The molecule has 0 aliphatic carbocycles. The molecule has 0 radical (unpaired) electrons.